The Morgan fingerprint density at radius 3 is 0.800 bits per heavy atom. The van der Waals surface area contributed by atoms with Crippen LogP contribution in [0.15, 0.2) is 0 Å². The van der Waals surface area contributed by atoms with Gasteiger partial charge in [0.1, 0.15) is 0 Å². The van der Waals surface area contributed by atoms with E-state index >= 15 is 0 Å². The van der Waals surface area contributed by atoms with Crippen LogP contribution in [0.25, 0.3) is 0 Å². The highest BCUT2D eigenvalue weighted by molar-refractivity contribution is 7.00. The Bertz CT molecular complexity index is 6.85. The topological polar surface area (TPSA) is 17.1 Å². The Morgan fingerprint density at radius 1 is 0.800 bits per heavy atom. The van der Waals surface area contributed by atoms with Crippen molar-refractivity contribution in [1.82, 2.24) is 0 Å². The fraction of sp³-hybridized carbons (Fsp3) is 0. The van der Waals surface area contributed by atoms with Crippen LogP contribution in [0.1, 0.15) is 0 Å². The lowest BCUT2D eigenvalue weighted by atomic mass is 16.0. The normalized spacial score (nSPS) is 0.800. The minimum absolute atomic E-state index is 0. The molecule has 0 spiro atoms. The lowest BCUT2D eigenvalue weighted by Gasteiger charge is -0.754. The number of halogens is 3. The maximum Gasteiger partial charge on any atom is 0.261 e. The van der Waals surface area contributed by atoms with E-state index in [2.05, 4.69) is 9.12 Å². The predicted molar refractivity (Wildman–Crippen MR) is 15.1 cm³/mol. The molecule has 0 aromatic carbocycles. The maximum atomic E-state index is 7.94. The first-order valence-corrected chi connectivity index (χ1v) is 0.548. The molecule has 0 aromatic rings. The standard InChI is InChI=1S/3FH.OP/c;;;1-2/h3*1H;. The number of hydrogen-bond donors (Lipinski definition) is 0. The lowest BCUT2D eigenvalue weighted by molar-refractivity contribution is 0.607. The fourth-order valence-corrected chi connectivity index (χ4v) is 0. The largest absolute Gasteiger partial charge is 0.269 e. The van der Waals surface area contributed by atoms with Crippen LogP contribution >= 0.6 is 9.12 Å². The van der Waals surface area contributed by atoms with Gasteiger partial charge in [0.15, 0.2) is 0 Å². The summed E-state index contributed by atoms with van der Waals surface area (Å²) in [6.45, 7) is 0. The molecule has 5 heavy (non-hydrogen) atoms. The summed E-state index contributed by atoms with van der Waals surface area (Å²) >= 11 is 0. The third-order valence-corrected chi connectivity index (χ3v) is 0. The van der Waals surface area contributed by atoms with E-state index in [1.807, 2.05) is 0 Å². The Balaban J connectivity index is -0.00000000167. The van der Waals surface area contributed by atoms with E-state index in [9.17, 15) is 0 Å². The molecule has 0 aromatic heterocycles. The van der Waals surface area contributed by atoms with E-state index < -0.39 is 0 Å². The van der Waals surface area contributed by atoms with E-state index in [1.165, 1.54) is 0 Å². The van der Waals surface area contributed by atoms with Gasteiger partial charge in [0.05, 0.1) is 0 Å². The van der Waals surface area contributed by atoms with Gasteiger partial charge in [0.25, 0.3) is 9.12 Å². The maximum absolute atomic E-state index is 7.94. The number of hydrogen-bond acceptors (Lipinski definition) is 1. The van der Waals surface area contributed by atoms with Crippen LogP contribution in [0.2, 0.25) is 0 Å². The zero-order valence-corrected chi connectivity index (χ0v) is 2.97. The molecule has 0 amide bonds. The molecule has 0 aliphatic heterocycles. The minimum atomic E-state index is 0. The molecule has 0 bridgehead atoms. The SMILES string of the molecule is F.F.F.O=[P]. The summed E-state index contributed by atoms with van der Waals surface area (Å²) in [7, 11) is 2.28. The fourth-order valence-electron chi connectivity index (χ4n) is 0. The molecule has 0 rings (SSSR count). The molecule has 35 valence electrons. The van der Waals surface area contributed by atoms with Gasteiger partial charge in [-0.25, -0.2) is 0 Å². The van der Waals surface area contributed by atoms with Crippen molar-refractivity contribution in [2.75, 3.05) is 0 Å². The van der Waals surface area contributed by atoms with Crippen molar-refractivity contribution < 1.29 is 18.7 Å². The van der Waals surface area contributed by atoms with E-state index in [-0.39, 0.29) is 14.1 Å². The van der Waals surface area contributed by atoms with Gasteiger partial charge in [-0.1, -0.05) is 0 Å². The molecule has 0 N–H and O–H groups in total. The smallest absolute Gasteiger partial charge is 0.261 e. The highest BCUT2D eigenvalue weighted by atomic mass is 31.0. The zero-order chi connectivity index (χ0) is 2.00. The summed E-state index contributed by atoms with van der Waals surface area (Å²) in [5, 5.41) is 0. The molecule has 1 radical (unpaired) electrons. The van der Waals surface area contributed by atoms with E-state index in [4.69, 9.17) is 4.57 Å². The molecule has 0 aliphatic rings. The van der Waals surface area contributed by atoms with Crippen LogP contribution in [0.4, 0.5) is 14.1 Å². The van der Waals surface area contributed by atoms with Crippen molar-refractivity contribution in [3.63, 3.8) is 0 Å². The van der Waals surface area contributed by atoms with Gasteiger partial charge in [0.2, 0.25) is 0 Å². The molecular weight excluding hydrogens is 104 g/mol. The molecule has 0 saturated carbocycles. The second-order valence-electron chi connectivity index (χ2n) is 0. The summed E-state index contributed by atoms with van der Waals surface area (Å²) in [6.07, 6.45) is 0. The summed E-state index contributed by atoms with van der Waals surface area (Å²) in [4.78, 5) is 0. The van der Waals surface area contributed by atoms with Crippen LogP contribution in [0.5, 0.6) is 0 Å². The first-order chi connectivity index (χ1) is 1.00. The second kappa shape index (κ2) is 2690. The predicted octanol–water partition coefficient (Wildman–Crippen LogP) is 1.20. The Kier molecular flexibility index (Phi) is 50200. The Hall–Kier alpha value is -0.110. The average Bonchev–Trinajstić information content (AvgIpc) is 1.00. The summed E-state index contributed by atoms with van der Waals surface area (Å²) in [5.41, 5.74) is 0. The molecule has 0 aliphatic carbocycles. The van der Waals surface area contributed by atoms with Crippen molar-refractivity contribution in [1.29, 1.82) is 0 Å². The van der Waals surface area contributed by atoms with Gasteiger partial charge in [0, 0.05) is 0 Å². The van der Waals surface area contributed by atoms with Gasteiger partial charge < -0.3 is 0 Å². The Morgan fingerprint density at radius 2 is 0.800 bits per heavy atom. The second-order valence-corrected chi connectivity index (χ2v) is 0. The van der Waals surface area contributed by atoms with Gasteiger partial charge >= 0.3 is 0 Å². The first-order valence-electron chi connectivity index (χ1n) is 0.183. The van der Waals surface area contributed by atoms with Gasteiger partial charge in [-0.05, 0) is 0 Å². The monoisotopic (exact) mass is 107 g/mol. The van der Waals surface area contributed by atoms with Gasteiger partial charge in [-0.3, -0.25) is 18.7 Å². The van der Waals surface area contributed by atoms with Gasteiger partial charge in [-0.15, -0.1) is 0 Å². The molecule has 0 unspecified atom stereocenters. The average molecular weight is 107 g/mol. The van der Waals surface area contributed by atoms with Crippen LogP contribution < -0.4 is 0 Å². The third-order valence-electron chi connectivity index (χ3n) is 0. The first kappa shape index (κ1) is 93.4. The van der Waals surface area contributed by atoms with Crippen LogP contribution in [0, 0.1) is 0 Å². The number of rotatable bonds is 0. The van der Waals surface area contributed by atoms with Gasteiger partial charge in [-0.2, -0.15) is 0 Å². The van der Waals surface area contributed by atoms with E-state index in [1.54, 1.807) is 0 Å². The molecule has 0 fully saturated rings. The molecular formula is H3F3OP. The highest BCUT2D eigenvalue weighted by Gasteiger charge is 0.754. The summed E-state index contributed by atoms with van der Waals surface area (Å²) in [6, 6.07) is 0. The quantitative estimate of drug-likeness (QED) is 0.425. The van der Waals surface area contributed by atoms with Crippen molar-refractivity contribution in [2.24, 2.45) is 0 Å². The van der Waals surface area contributed by atoms with E-state index in [0.29, 0.717) is 0 Å². The van der Waals surface area contributed by atoms with Crippen molar-refractivity contribution >= 4 is 9.12 Å². The summed E-state index contributed by atoms with van der Waals surface area (Å²) in [5.74, 6) is 0. The van der Waals surface area contributed by atoms with Crippen molar-refractivity contribution in [3.05, 3.63) is 0 Å². The van der Waals surface area contributed by atoms with Crippen molar-refractivity contribution in [3.8, 4) is 0 Å². The molecule has 5 heteroatoms. The minimum Gasteiger partial charge on any atom is -0.269 e. The highest BCUT2D eigenvalue weighted by Crippen LogP contribution is 1.23. The van der Waals surface area contributed by atoms with E-state index in [0.717, 1.165) is 0 Å². The Labute approximate surface area is 29.1 Å². The lowest BCUT2D eigenvalue weighted by Crippen LogP contribution is -0.489. The zero-order valence-electron chi connectivity index (χ0n) is 2.08. The van der Waals surface area contributed by atoms with Crippen LogP contribution in [0.3, 0.4) is 0 Å². The molecule has 0 atom stereocenters. The molecule has 0 heterocycles. The third kappa shape index (κ3) is 1150. The molecule has 0 saturated heterocycles. The van der Waals surface area contributed by atoms with Crippen LogP contribution in [-0.4, -0.2) is 0 Å². The van der Waals surface area contributed by atoms with Crippen LogP contribution in [-0.2, 0) is 4.57 Å². The molecule has 1 nitrogen and oxygen atoms in total. The summed E-state index contributed by atoms with van der Waals surface area (Å²) < 4.78 is 7.94. The van der Waals surface area contributed by atoms with Crippen molar-refractivity contribution in [2.45, 2.75) is 0 Å².